The lowest BCUT2D eigenvalue weighted by Crippen LogP contribution is -2.47. The van der Waals surface area contributed by atoms with E-state index in [2.05, 4.69) is 16.1 Å². The molecule has 10 nitrogen and oxygen atoms in total. The highest BCUT2D eigenvalue weighted by molar-refractivity contribution is 6.30. The van der Waals surface area contributed by atoms with Gasteiger partial charge in [-0.1, -0.05) is 23.7 Å². The average molecular weight is 475 g/mol. The summed E-state index contributed by atoms with van der Waals surface area (Å²) in [4.78, 5) is 38.3. The van der Waals surface area contributed by atoms with Crippen LogP contribution in [0.2, 0.25) is 5.02 Å². The number of hydrazine groups is 1. The Kier molecular flexibility index (Phi) is 8.34. The summed E-state index contributed by atoms with van der Waals surface area (Å²) in [5.41, 5.74) is 10.4. The number of ether oxygens (including phenoxy) is 1. The number of benzene rings is 2. The van der Waals surface area contributed by atoms with Gasteiger partial charge in [0, 0.05) is 29.8 Å². The summed E-state index contributed by atoms with van der Waals surface area (Å²) < 4.78 is 5.34. The zero-order valence-corrected chi connectivity index (χ0v) is 18.7. The molecule has 0 spiro atoms. The van der Waals surface area contributed by atoms with Gasteiger partial charge in [-0.3, -0.25) is 15.4 Å². The standard InChI is InChI=1S/C22H27ClN6O4/c23-15-3-1-14(2-4-15)13-33-22(32)29-9-7-16(8-10-29)26-20(30)12-21(31)27-17-5-6-18(24)19(11-17)28-25/h1-6,11,16,28H,7-10,12-13,24-25H2,(H,26,30)(H,27,31). The van der Waals surface area contributed by atoms with Gasteiger partial charge in [0.1, 0.15) is 13.0 Å². The van der Waals surface area contributed by atoms with E-state index in [0.29, 0.717) is 48.0 Å². The second kappa shape index (κ2) is 11.4. The molecule has 0 aliphatic carbocycles. The summed E-state index contributed by atoms with van der Waals surface area (Å²) in [6.07, 6.45) is 0.433. The number of amides is 3. The number of anilines is 3. The number of nitrogens with zero attached hydrogens (tertiary/aromatic N) is 1. The van der Waals surface area contributed by atoms with Crippen LogP contribution < -0.4 is 27.6 Å². The van der Waals surface area contributed by atoms with E-state index in [1.807, 2.05) is 0 Å². The molecule has 1 heterocycles. The second-order valence-electron chi connectivity index (χ2n) is 7.68. The summed E-state index contributed by atoms with van der Waals surface area (Å²) in [6.45, 7) is 1.08. The number of nitrogens with two attached hydrogens (primary N) is 2. The molecule has 0 unspecified atom stereocenters. The van der Waals surface area contributed by atoms with Crippen LogP contribution in [0.5, 0.6) is 0 Å². The number of halogens is 1. The maximum Gasteiger partial charge on any atom is 0.410 e. The first-order chi connectivity index (χ1) is 15.8. The van der Waals surface area contributed by atoms with Crippen LogP contribution in [0.25, 0.3) is 0 Å². The molecule has 3 amide bonds. The Hall–Kier alpha value is -3.50. The lowest BCUT2D eigenvalue weighted by Gasteiger charge is -2.31. The SMILES string of the molecule is NNc1cc(NC(=O)CC(=O)NC2CCN(C(=O)OCc3ccc(Cl)cc3)CC2)ccc1N. The minimum atomic E-state index is -0.455. The maximum atomic E-state index is 12.3. The fourth-order valence-corrected chi connectivity index (χ4v) is 3.54. The Bertz CT molecular complexity index is 993. The highest BCUT2D eigenvalue weighted by Gasteiger charge is 2.25. The van der Waals surface area contributed by atoms with Gasteiger partial charge >= 0.3 is 6.09 Å². The predicted molar refractivity (Wildman–Crippen MR) is 126 cm³/mol. The molecule has 7 N–H and O–H groups in total. The average Bonchev–Trinajstić information content (AvgIpc) is 2.80. The van der Waals surface area contributed by atoms with Crippen molar-refractivity contribution >= 4 is 46.6 Å². The molecule has 3 rings (SSSR count). The number of piperidine rings is 1. The van der Waals surface area contributed by atoms with E-state index < -0.39 is 12.0 Å². The minimum absolute atomic E-state index is 0.116. The van der Waals surface area contributed by atoms with Crippen LogP contribution in [0.15, 0.2) is 42.5 Å². The van der Waals surface area contributed by atoms with E-state index in [-0.39, 0.29) is 25.0 Å². The predicted octanol–water partition coefficient (Wildman–Crippen LogP) is 2.45. The summed E-state index contributed by atoms with van der Waals surface area (Å²) >= 11 is 5.85. The molecule has 0 bridgehead atoms. The van der Waals surface area contributed by atoms with Crippen LogP contribution in [0.3, 0.4) is 0 Å². The molecule has 2 aromatic rings. The molecule has 33 heavy (non-hydrogen) atoms. The third kappa shape index (κ3) is 7.26. The number of nitrogen functional groups attached to an aromatic ring is 2. The monoisotopic (exact) mass is 474 g/mol. The smallest absolute Gasteiger partial charge is 0.410 e. The van der Waals surface area contributed by atoms with Gasteiger partial charge in [0.15, 0.2) is 0 Å². The first kappa shape index (κ1) is 24.1. The number of likely N-dealkylation sites (tertiary alicyclic amines) is 1. The molecule has 0 atom stereocenters. The molecule has 11 heteroatoms. The van der Waals surface area contributed by atoms with E-state index >= 15 is 0 Å². The molecule has 0 saturated carbocycles. The molecule has 1 aliphatic rings. The van der Waals surface area contributed by atoms with E-state index in [4.69, 9.17) is 27.9 Å². The topological polar surface area (TPSA) is 152 Å². The van der Waals surface area contributed by atoms with Crippen LogP contribution >= 0.6 is 11.6 Å². The van der Waals surface area contributed by atoms with Crippen LogP contribution in [-0.2, 0) is 20.9 Å². The third-order valence-electron chi connectivity index (χ3n) is 5.21. The number of rotatable bonds is 7. The summed E-state index contributed by atoms with van der Waals surface area (Å²) in [5, 5.41) is 6.10. The fourth-order valence-electron chi connectivity index (χ4n) is 3.41. The summed E-state index contributed by atoms with van der Waals surface area (Å²) in [7, 11) is 0. The van der Waals surface area contributed by atoms with Crippen molar-refractivity contribution in [2.45, 2.75) is 31.9 Å². The van der Waals surface area contributed by atoms with Gasteiger partial charge in [-0.2, -0.15) is 0 Å². The van der Waals surface area contributed by atoms with Gasteiger partial charge in [-0.25, -0.2) is 4.79 Å². The van der Waals surface area contributed by atoms with Crippen LogP contribution in [0, 0.1) is 0 Å². The summed E-state index contributed by atoms with van der Waals surface area (Å²) in [5.74, 6) is 4.53. The Labute approximate surface area is 196 Å². The van der Waals surface area contributed by atoms with Gasteiger partial charge in [-0.15, -0.1) is 0 Å². The fraction of sp³-hybridized carbons (Fsp3) is 0.318. The van der Waals surface area contributed by atoms with Crippen molar-refractivity contribution in [3.63, 3.8) is 0 Å². The van der Waals surface area contributed by atoms with Gasteiger partial charge in [0.2, 0.25) is 11.8 Å². The van der Waals surface area contributed by atoms with Crippen LogP contribution in [0.4, 0.5) is 21.9 Å². The lowest BCUT2D eigenvalue weighted by atomic mass is 10.1. The molecule has 1 fully saturated rings. The van der Waals surface area contributed by atoms with E-state index in [1.165, 1.54) is 0 Å². The van der Waals surface area contributed by atoms with Crippen LogP contribution in [0.1, 0.15) is 24.8 Å². The number of carbonyl (C=O) groups excluding carboxylic acids is 3. The Morgan fingerprint density at radius 2 is 1.76 bits per heavy atom. The Balaban J connectivity index is 1.37. The molecule has 0 aromatic heterocycles. The first-order valence-electron chi connectivity index (χ1n) is 10.5. The normalized spacial score (nSPS) is 13.8. The maximum absolute atomic E-state index is 12.3. The van der Waals surface area contributed by atoms with Crippen molar-refractivity contribution < 1.29 is 19.1 Å². The Morgan fingerprint density at radius 3 is 2.42 bits per heavy atom. The second-order valence-corrected chi connectivity index (χ2v) is 8.12. The quantitative estimate of drug-likeness (QED) is 0.179. The zero-order valence-electron chi connectivity index (χ0n) is 18.0. The molecule has 1 aliphatic heterocycles. The van der Waals surface area contributed by atoms with Crippen molar-refractivity contribution in [1.82, 2.24) is 10.2 Å². The molecule has 176 valence electrons. The molecule has 2 aromatic carbocycles. The highest BCUT2D eigenvalue weighted by Crippen LogP contribution is 2.22. The third-order valence-corrected chi connectivity index (χ3v) is 5.46. The Morgan fingerprint density at radius 1 is 1.06 bits per heavy atom. The van der Waals surface area contributed by atoms with Gasteiger partial charge in [-0.05, 0) is 48.7 Å². The first-order valence-corrected chi connectivity index (χ1v) is 10.8. The largest absolute Gasteiger partial charge is 0.445 e. The van der Waals surface area contributed by atoms with Crippen molar-refractivity contribution in [2.75, 3.05) is 29.6 Å². The van der Waals surface area contributed by atoms with Gasteiger partial charge in [0.05, 0.1) is 11.4 Å². The lowest BCUT2D eigenvalue weighted by molar-refractivity contribution is -0.127. The van der Waals surface area contributed by atoms with Crippen molar-refractivity contribution in [1.29, 1.82) is 0 Å². The molecular weight excluding hydrogens is 448 g/mol. The van der Waals surface area contributed by atoms with E-state index in [1.54, 1.807) is 47.4 Å². The zero-order chi connectivity index (χ0) is 23.8. The molecular formula is C22H27ClN6O4. The van der Waals surface area contributed by atoms with Crippen molar-refractivity contribution in [2.24, 2.45) is 5.84 Å². The van der Waals surface area contributed by atoms with Crippen molar-refractivity contribution in [3.05, 3.63) is 53.1 Å². The minimum Gasteiger partial charge on any atom is -0.445 e. The number of nitrogens with one attached hydrogen (secondary N) is 3. The van der Waals surface area contributed by atoms with Gasteiger partial charge < -0.3 is 31.4 Å². The molecule has 1 saturated heterocycles. The number of carbonyl (C=O) groups is 3. The molecule has 0 radical (unpaired) electrons. The van der Waals surface area contributed by atoms with Crippen molar-refractivity contribution in [3.8, 4) is 0 Å². The van der Waals surface area contributed by atoms with Crippen LogP contribution in [-0.4, -0.2) is 41.9 Å². The summed E-state index contributed by atoms with van der Waals surface area (Å²) in [6, 6.07) is 11.8. The van der Waals surface area contributed by atoms with E-state index in [0.717, 1.165) is 5.56 Å². The van der Waals surface area contributed by atoms with Gasteiger partial charge in [0.25, 0.3) is 0 Å². The highest BCUT2D eigenvalue weighted by atomic mass is 35.5. The number of hydrogen-bond donors (Lipinski definition) is 5. The van der Waals surface area contributed by atoms with E-state index in [9.17, 15) is 14.4 Å². The number of hydrogen-bond acceptors (Lipinski definition) is 7.